The lowest BCUT2D eigenvalue weighted by molar-refractivity contribution is 0.445. The van der Waals surface area contributed by atoms with Crippen LogP contribution in [0.15, 0.2) is 35.5 Å². The Morgan fingerprint density at radius 2 is 1.75 bits per heavy atom. The number of hydrogen-bond donors (Lipinski definition) is 1. The normalized spacial score (nSPS) is 14.1. The minimum Gasteiger partial charge on any atom is -0.308 e. The van der Waals surface area contributed by atoms with Crippen LogP contribution in [0.4, 0.5) is 0 Å². The molecule has 0 amide bonds. The molecule has 0 bridgehead atoms. The van der Waals surface area contributed by atoms with Crippen LogP contribution in [-0.2, 0) is 0 Å². The zero-order valence-electron chi connectivity index (χ0n) is 11.8. The van der Waals surface area contributed by atoms with Crippen LogP contribution in [0.2, 0.25) is 0 Å². The van der Waals surface area contributed by atoms with E-state index in [2.05, 4.69) is 58.7 Å². The van der Waals surface area contributed by atoms with Gasteiger partial charge in [0.05, 0.1) is 0 Å². The molecule has 0 spiro atoms. The molecule has 1 heteroatoms. The predicted molar refractivity (Wildman–Crippen MR) is 74.7 cm³/mol. The van der Waals surface area contributed by atoms with Crippen molar-refractivity contribution in [2.24, 2.45) is 0 Å². The van der Waals surface area contributed by atoms with Gasteiger partial charge < -0.3 is 5.32 Å². The Morgan fingerprint density at radius 1 is 1.19 bits per heavy atom. The van der Waals surface area contributed by atoms with Crippen molar-refractivity contribution in [3.63, 3.8) is 0 Å². The van der Waals surface area contributed by atoms with E-state index in [1.165, 1.54) is 11.1 Å². The molecule has 0 fully saturated rings. The summed E-state index contributed by atoms with van der Waals surface area (Å²) < 4.78 is 0. The standard InChI is InChI=1S/C15H27N/c1-8-13(4)14(10-9-12(2)3)11-16-15(5,6)7/h9-10,16H,2,8,11H2,1,3-7H3/b10-9-,14-13-. The maximum absolute atomic E-state index is 3.89. The minimum atomic E-state index is 0.163. The van der Waals surface area contributed by atoms with Gasteiger partial charge in [0, 0.05) is 12.1 Å². The second-order valence-corrected chi connectivity index (χ2v) is 5.44. The summed E-state index contributed by atoms with van der Waals surface area (Å²) in [5.41, 5.74) is 4.07. The van der Waals surface area contributed by atoms with Gasteiger partial charge in [-0.25, -0.2) is 0 Å². The highest BCUT2D eigenvalue weighted by molar-refractivity contribution is 5.30. The summed E-state index contributed by atoms with van der Waals surface area (Å²) in [5.74, 6) is 0. The van der Waals surface area contributed by atoms with E-state index in [0.717, 1.165) is 18.5 Å². The van der Waals surface area contributed by atoms with Gasteiger partial charge in [0.1, 0.15) is 0 Å². The Hall–Kier alpha value is -0.820. The minimum absolute atomic E-state index is 0.163. The first kappa shape index (κ1) is 15.2. The molecule has 0 atom stereocenters. The lowest BCUT2D eigenvalue weighted by Crippen LogP contribution is -2.37. The number of hydrogen-bond acceptors (Lipinski definition) is 1. The van der Waals surface area contributed by atoms with Crippen LogP contribution in [0, 0.1) is 0 Å². The van der Waals surface area contributed by atoms with E-state index >= 15 is 0 Å². The Labute approximate surface area is 101 Å². The van der Waals surface area contributed by atoms with Crippen molar-refractivity contribution in [1.82, 2.24) is 5.32 Å². The van der Waals surface area contributed by atoms with Crippen LogP contribution >= 0.6 is 0 Å². The van der Waals surface area contributed by atoms with Crippen molar-refractivity contribution in [1.29, 1.82) is 0 Å². The van der Waals surface area contributed by atoms with Gasteiger partial charge in [-0.05, 0) is 46.6 Å². The van der Waals surface area contributed by atoms with Gasteiger partial charge >= 0.3 is 0 Å². The van der Waals surface area contributed by atoms with E-state index in [1.807, 2.05) is 6.92 Å². The van der Waals surface area contributed by atoms with Crippen molar-refractivity contribution >= 4 is 0 Å². The third-order valence-corrected chi connectivity index (χ3v) is 2.46. The average Bonchev–Trinajstić information content (AvgIpc) is 2.14. The first-order valence-electron chi connectivity index (χ1n) is 6.03. The van der Waals surface area contributed by atoms with Gasteiger partial charge in [-0.1, -0.05) is 36.8 Å². The summed E-state index contributed by atoms with van der Waals surface area (Å²) in [5, 5.41) is 3.52. The Morgan fingerprint density at radius 3 is 2.12 bits per heavy atom. The molecule has 92 valence electrons. The molecule has 0 aromatic heterocycles. The van der Waals surface area contributed by atoms with Crippen molar-refractivity contribution in [3.05, 3.63) is 35.5 Å². The SMILES string of the molecule is C=C(C)/C=C\C(CNC(C)(C)C)=C(/C)CC. The fourth-order valence-electron chi connectivity index (χ4n) is 1.18. The van der Waals surface area contributed by atoms with Gasteiger partial charge in [0.25, 0.3) is 0 Å². The van der Waals surface area contributed by atoms with Crippen LogP contribution in [0.3, 0.4) is 0 Å². The summed E-state index contributed by atoms with van der Waals surface area (Å²) in [6.07, 6.45) is 5.36. The van der Waals surface area contributed by atoms with E-state index in [0.29, 0.717) is 0 Å². The molecule has 0 aliphatic carbocycles. The fourth-order valence-corrected chi connectivity index (χ4v) is 1.18. The molecule has 0 unspecified atom stereocenters. The number of rotatable bonds is 5. The molecule has 0 aromatic carbocycles. The molecule has 16 heavy (non-hydrogen) atoms. The maximum Gasteiger partial charge on any atom is 0.0209 e. The Bertz CT molecular complexity index is 287. The summed E-state index contributed by atoms with van der Waals surface area (Å²) >= 11 is 0. The third kappa shape index (κ3) is 7.47. The van der Waals surface area contributed by atoms with Gasteiger partial charge in [-0.3, -0.25) is 0 Å². The quantitative estimate of drug-likeness (QED) is 0.685. The van der Waals surface area contributed by atoms with E-state index in [-0.39, 0.29) is 5.54 Å². The first-order valence-corrected chi connectivity index (χ1v) is 6.03. The fraction of sp³-hybridized carbons (Fsp3) is 0.600. The zero-order valence-corrected chi connectivity index (χ0v) is 11.8. The van der Waals surface area contributed by atoms with Gasteiger partial charge in [0.15, 0.2) is 0 Å². The summed E-state index contributed by atoms with van der Waals surface area (Å²) in [6.45, 7) is 17.8. The predicted octanol–water partition coefficient (Wildman–Crippen LogP) is 4.23. The number of nitrogens with one attached hydrogen (secondary N) is 1. The maximum atomic E-state index is 3.89. The topological polar surface area (TPSA) is 12.0 Å². The van der Waals surface area contributed by atoms with Gasteiger partial charge in [-0.15, -0.1) is 0 Å². The third-order valence-electron chi connectivity index (χ3n) is 2.46. The molecule has 0 heterocycles. The van der Waals surface area contributed by atoms with Crippen LogP contribution in [0.5, 0.6) is 0 Å². The van der Waals surface area contributed by atoms with E-state index < -0.39 is 0 Å². The molecule has 0 aromatic rings. The smallest absolute Gasteiger partial charge is 0.0209 e. The highest BCUT2D eigenvalue weighted by atomic mass is 14.9. The molecular formula is C15H27N. The van der Waals surface area contributed by atoms with E-state index in [9.17, 15) is 0 Å². The van der Waals surface area contributed by atoms with Crippen molar-refractivity contribution in [2.45, 2.75) is 53.5 Å². The van der Waals surface area contributed by atoms with E-state index in [4.69, 9.17) is 0 Å². The zero-order chi connectivity index (χ0) is 12.8. The summed E-state index contributed by atoms with van der Waals surface area (Å²) in [4.78, 5) is 0. The lowest BCUT2D eigenvalue weighted by Gasteiger charge is -2.21. The molecular weight excluding hydrogens is 194 g/mol. The first-order chi connectivity index (χ1) is 7.26. The van der Waals surface area contributed by atoms with Crippen molar-refractivity contribution in [3.8, 4) is 0 Å². The highest BCUT2D eigenvalue weighted by Gasteiger charge is 2.09. The second kappa shape index (κ2) is 6.70. The molecule has 1 nitrogen and oxygen atoms in total. The van der Waals surface area contributed by atoms with Crippen LogP contribution in [-0.4, -0.2) is 12.1 Å². The molecule has 0 saturated carbocycles. The Kier molecular flexibility index (Phi) is 6.35. The van der Waals surface area contributed by atoms with Crippen molar-refractivity contribution in [2.75, 3.05) is 6.54 Å². The molecule has 1 N–H and O–H groups in total. The second-order valence-electron chi connectivity index (χ2n) is 5.44. The molecule has 0 radical (unpaired) electrons. The Balaban J connectivity index is 4.66. The number of allylic oxidation sites excluding steroid dienone is 3. The van der Waals surface area contributed by atoms with Crippen LogP contribution in [0.25, 0.3) is 0 Å². The highest BCUT2D eigenvalue weighted by Crippen LogP contribution is 2.11. The monoisotopic (exact) mass is 221 g/mol. The molecule has 0 rings (SSSR count). The van der Waals surface area contributed by atoms with E-state index in [1.54, 1.807) is 0 Å². The molecule has 0 aliphatic rings. The van der Waals surface area contributed by atoms with Crippen molar-refractivity contribution < 1.29 is 0 Å². The van der Waals surface area contributed by atoms with Crippen LogP contribution < -0.4 is 5.32 Å². The van der Waals surface area contributed by atoms with Gasteiger partial charge in [-0.2, -0.15) is 0 Å². The average molecular weight is 221 g/mol. The molecule has 0 saturated heterocycles. The lowest BCUT2D eigenvalue weighted by atomic mass is 10.0. The molecule has 0 aliphatic heterocycles. The summed E-state index contributed by atoms with van der Waals surface area (Å²) in [7, 11) is 0. The van der Waals surface area contributed by atoms with Crippen LogP contribution in [0.1, 0.15) is 48.0 Å². The van der Waals surface area contributed by atoms with Gasteiger partial charge in [0.2, 0.25) is 0 Å². The largest absolute Gasteiger partial charge is 0.308 e. The summed E-state index contributed by atoms with van der Waals surface area (Å²) in [6, 6.07) is 0.